The zero-order chi connectivity index (χ0) is 37.5. The highest BCUT2D eigenvalue weighted by atomic mass is 35.5. The Bertz CT molecular complexity index is 1910. The van der Waals surface area contributed by atoms with Crippen molar-refractivity contribution in [3.8, 4) is 11.7 Å². The summed E-state index contributed by atoms with van der Waals surface area (Å²) in [5, 5.41) is 6.57. The van der Waals surface area contributed by atoms with Gasteiger partial charge >= 0.3 is 6.09 Å². The highest BCUT2D eigenvalue weighted by molar-refractivity contribution is 7.90. The number of hydrogen-bond acceptors (Lipinski definition) is 10. The van der Waals surface area contributed by atoms with Gasteiger partial charge in [-0.1, -0.05) is 17.7 Å². The number of sulfonamides is 1. The van der Waals surface area contributed by atoms with Gasteiger partial charge in [-0.25, -0.2) is 28.6 Å². The molecular weight excluding hydrogens is 713 g/mol. The van der Waals surface area contributed by atoms with Gasteiger partial charge in [0.25, 0.3) is 15.9 Å². The molecule has 16 heteroatoms. The highest BCUT2D eigenvalue weighted by Crippen LogP contribution is 2.65. The van der Waals surface area contributed by atoms with Gasteiger partial charge in [-0.2, -0.15) is 8.42 Å². The van der Waals surface area contributed by atoms with Crippen molar-refractivity contribution >= 4 is 39.4 Å². The van der Waals surface area contributed by atoms with Crippen LogP contribution in [0, 0.1) is 17.3 Å². The second kappa shape index (κ2) is 14.4. The molecule has 0 bridgehead atoms. The average Bonchev–Trinajstić information content (AvgIpc) is 3.67. The molecule has 3 atom stereocenters. The first-order chi connectivity index (χ1) is 24.4. The smallest absolute Gasteiger partial charge is 0.410 e. The number of halogens is 2. The number of nitrogens with one attached hydrogen (secondary N) is 2. The molecular formula is C36H47ClFN7O6S. The van der Waals surface area contributed by atoms with Crippen LogP contribution in [0.2, 0.25) is 5.15 Å². The molecule has 3 unspecified atom stereocenters. The summed E-state index contributed by atoms with van der Waals surface area (Å²) in [5.41, 5.74) is -0.688. The summed E-state index contributed by atoms with van der Waals surface area (Å²) in [4.78, 5) is 35.7. The van der Waals surface area contributed by atoms with Crippen molar-refractivity contribution < 1.29 is 31.9 Å². The van der Waals surface area contributed by atoms with E-state index in [1.807, 2.05) is 18.6 Å². The fourth-order valence-electron chi connectivity index (χ4n) is 7.30. The Morgan fingerprint density at radius 3 is 2.56 bits per heavy atom. The minimum Gasteiger partial charge on any atom is -0.477 e. The van der Waals surface area contributed by atoms with Crippen molar-refractivity contribution in [3.05, 3.63) is 53.3 Å². The Labute approximate surface area is 309 Å². The molecule has 2 N–H and O–H groups in total. The Morgan fingerprint density at radius 1 is 1.12 bits per heavy atom. The van der Waals surface area contributed by atoms with E-state index in [-0.39, 0.29) is 35.4 Å². The molecule has 3 fully saturated rings. The quantitative estimate of drug-likeness (QED) is 0.183. The molecule has 2 aliphatic carbocycles. The van der Waals surface area contributed by atoms with Gasteiger partial charge in [0.2, 0.25) is 5.88 Å². The molecule has 1 aliphatic heterocycles. The van der Waals surface area contributed by atoms with E-state index in [0.29, 0.717) is 36.7 Å². The minimum atomic E-state index is -4.43. The number of amides is 2. The molecule has 52 heavy (non-hydrogen) atoms. The molecule has 6 rings (SSSR count). The molecule has 13 nitrogen and oxygen atoms in total. The number of rotatable bonds is 13. The standard InChI is InChI=1S/C36H47ClFN7O6S/c1-34(2,3)51-33(47)44-22-23(20-35(44,4)5)19-25(38)21-39-27-7-6-8-30(40-27)52(48,49)43-32(46)26-9-10-28(41-31(26)37)45-17-12-29(42-45)50-18-13-24-11-14-36(24)15-16-36/h6-10,12,17,23-25H,11,13-16,18-22H2,1-5H3,(H,39,40)(H,43,46). The van der Waals surface area contributed by atoms with Gasteiger partial charge in [0.05, 0.1) is 12.2 Å². The maximum absolute atomic E-state index is 15.1. The third kappa shape index (κ3) is 8.79. The number of anilines is 1. The normalized spacial score (nSPS) is 20.9. The number of likely N-dealkylation sites (tertiary alicyclic amines) is 1. The molecule has 1 spiro atoms. The van der Waals surface area contributed by atoms with E-state index in [2.05, 4.69) is 20.4 Å². The molecule has 4 heterocycles. The summed E-state index contributed by atoms with van der Waals surface area (Å²) >= 11 is 6.32. The Balaban J connectivity index is 0.996. The second-order valence-corrected chi connectivity index (χ2v) is 17.8. The lowest BCUT2D eigenvalue weighted by Crippen LogP contribution is -2.45. The van der Waals surface area contributed by atoms with E-state index in [1.165, 1.54) is 60.7 Å². The van der Waals surface area contributed by atoms with Crippen LogP contribution in [-0.2, 0) is 14.8 Å². The number of alkyl halides is 1. The molecule has 3 aromatic rings. The number of nitrogens with zero attached hydrogens (tertiary/aromatic N) is 5. The highest BCUT2D eigenvalue weighted by Gasteiger charge is 2.54. The maximum Gasteiger partial charge on any atom is 0.410 e. The number of carbonyl (C=O) groups excluding carboxylic acids is 2. The summed E-state index contributed by atoms with van der Waals surface area (Å²) in [5.74, 6) is 0.537. The molecule has 0 aromatic carbocycles. The van der Waals surface area contributed by atoms with Crippen molar-refractivity contribution in [2.75, 3.05) is 25.0 Å². The lowest BCUT2D eigenvalue weighted by molar-refractivity contribution is 0.0130. The van der Waals surface area contributed by atoms with Gasteiger partial charge in [-0.15, -0.1) is 5.10 Å². The third-order valence-corrected chi connectivity index (χ3v) is 11.8. The van der Waals surface area contributed by atoms with E-state index in [9.17, 15) is 18.0 Å². The predicted molar refractivity (Wildman–Crippen MR) is 193 cm³/mol. The van der Waals surface area contributed by atoms with Crippen molar-refractivity contribution in [1.82, 2.24) is 29.4 Å². The van der Waals surface area contributed by atoms with Crippen molar-refractivity contribution in [3.63, 3.8) is 0 Å². The minimum absolute atomic E-state index is 0.0863. The van der Waals surface area contributed by atoms with Crippen molar-refractivity contribution in [2.45, 2.75) is 102 Å². The molecule has 3 aliphatic rings. The number of ether oxygens (including phenoxy) is 2. The maximum atomic E-state index is 15.1. The second-order valence-electron chi connectivity index (χ2n) is 15.8. The van der Waals surface area contributed by atoms with Crippen LogP contribution in [0.4, 0.5) is 15.0 Å². The van der Waals surface area contributed by atoms with Crippen LogP contribution < -0.4 is 14.8 Å². The lowest BCUT2D eigenvalue weighted by Gasteiger charge is -2.37. The third-order valence-electron chi connectivity index (χ3n) is 10.2. The van der Waals surface area contributed by atoms with E-state index >= 15 is 4.39 Å². The van der Waals surface area contributed by atoms with Crippen LogP contribution in [0.3, 0.4) is 0 Å². The van der Waals surface area contributed by atoms with Crippen LogP contribution in [0.5, 0.6) is 5.88 Å². The van der Waals surface area contributed by atoms with Gasteiger partial charge in [-0.3, -0.25) is 4.79 Å². The Hall–Kier alpha value is -3.98. The van der Waals surface area contributed by atoms with Gasteiger partial charge < -0.3 is 19.7 Å². The largest absolute Gasteiger partial charge is 0.477 e. The Morgan fingerprint density at radius 2 is 1.88 bits per heavy atom. The summed E-state index contributed by atoms with van der Waals surface area (Å²) in [7, 11) is -4.43. The van der Waals surface area contributed by atoms with Crippen LogP contribution >= 0.6 is 11.6 Å². The van der Waals surface area contributed by atoms with Crippen molar-refractivity contribution in [1.29, 1.82) is 0 Å². The molecule has 3 aromatic heterocycles. The first kappa shape index (κ1) is 37.8. The summed E-state index contributed by atoms with van der Waals surface area (Å²) in [6, 6.07) is 8.72. The Kier molecular flexibility index (Phi) is 10.5. The molecule has 2 saturated carbocycles. The zero-order valence-electron chi connectivity index (χ0n) is 30.2. The number of aromatic nitrogens is 4. The van der Waals surface area contributed by atoms with E-state index in [4.69, 9.17) is 21.1 Å². The van der Waals surface area contributed by atoms with E-state index < -0.39 is 44.4 Å². The molecule has 2 amide bonds. The number of carbonyl (C=O) groups is 2. The predicted octanol–water partition coefficient (Wildman–Crippen LogP) is 6.57. The fraction of sp³-hybridized carbons (Fsp3) is 0.583. The van der Waals surface area contributed by atoms with Crippen LogP contribution in [0.25, 0.3) is 5.82 Å². The number of pyridine rings is 2. The summed E-state index contributed by atoms with van der Waals surface area (Å²) in [6.07, 6.45) is 7.03. The monoisotopic (exact) mass is 759 g/mol. The van der Waals surface area contributed by atoms with E-state index in [1.54, 1.807) is 37.9 Å². The van der Waals surface area contributed by atoms with E-state index in [0.717, 1.165) is 12.3 Å². The first-order valence-corrected chi connectivity index (χ1v) is 19.6. The lowest BCUT2D eigenvalue weighted by atomic mass is 9.69. The fourth-order valence-corrected chi connectivity index (χ4v) is 8.47. The summed E-state index contributed by atoms with van der Waals surface area (Å²) in [6.45, 7) is 10.1. The average molecular weight is 760 g/mol. The number of hydrogen-bond donors (Lipinski definition) is 2. The van der Waals surface area contributed by atoms with Crippen LogP contribution in [0.15, 0.2) is 47.6 Å². The first-order valence-electron chi connectivity index (χ1n) is 17.7. The van der Waals surface area contributed by atoms with Gasteiger partial charge in [-0.05, 0) is 121 Å². The van der Waals surface area contributed by atoms with Crippen molar-refractivity contribution in [2.24, 2.45) is 17.3 Å². The van der Waals surface area contributed by atoms with Crippen LogP contribution in [-0.4, -0.2) is 82.1 Å². The zero-order valence-corrected chi connectivity index (χ0v) is 31.8. The van der Waals surface area contributed by atoms with Gasteiger partial charge in [0.15, 0.2) is 10.8 Å². The topological polar surface area (TPSA) is 158 Å². The molecule has 0 radical (unpaired) electrons. The summed E-state index contributed by atoms with van der Waals surface area (Å²) < 4.78 is 56.2. The van der Waals surface area contributed by atoms with Gasteiger partial charge in [0.1, 0.15) is 22.7 Å². The van der Waals surface area contributed by atoms with Gasteiger partial charge in [0, 0.05) is 30.9 Å². The molecule has 1 saturated heterocycles. The molecule has 282 valence electrons. The SMILES string of the molecule is CC(C)(C)OC(=O)N1CC(CC(F)CNc2cccc(S(=O)(=O)NC(=O)c3ccc(-n4ccc(OCCC5CCC56CC6)n4)nc3Cl)n2)CC1(C)C. The van der Waals surface area contributed by atoms with Crippen LogP contribution in [0.1, 0.15) is 89.9 Å².